The van der Waals surface area contributed by atoms with Crippen LogP contribution in [0.5, 0.6) is 11.5 Å². The number of amidine groups is 1. The van der Waals surface area contributed by atoms with Crippen molar-refractivity contribution in [2.75, 3.05) is 27.3 Å². The number of hydrogen-bond donors (Lipinski definition) is 0. The van der Waals surface area contributed by atoms with Crippen LogP contribution in [-0.4, -0.2) is 43.3 Å². The number of rotatable bonds is 5. The lowest BCUT2D eigenvalue weighted by atomic mass is 10.2. The van der Waals surface area contributed by atoms with Gasteiger partial charge in [-0.2, -0.15) is 0 Å². The molecular formula is C16H19IN2O3S. The minimum atomic E-state index is -0.00510. The average molecular weight is 446 g/mol. The first-order valence-corrected chi connectivity index (χ1v) is 9.12. The Kier molecular flexibility index (Phi) is 6.34. The van der Waals surface area contributed by atoms with Gasteiger partial charge in [-0.15, -0.1) is 0 Å². The van der Waals surface area contributed by atoms with E-state index in [0.717, 1.165) is 14.3 Å². The van der Waals surface area contributed by atoms with Crippen LogP contribution in [0.2, 0.25) is 0 Å². The number of likely N-dealkylation sites (N-methyl/N-ethyl adjacent to an activating group) is 1. The van der Waals surface area contributed by atoms with Gasteiger partial charge in [-0.3, -0.25) is 14.7 Å². The summed E-state index contributed by atoms with van der Waals surface area (Å²) in [6, 6.07) is 3.83. The molecule has 1 aromatic carbocycles. The normalized spacial score (nSPS) is 18.1. The summed E-state index contributed by atoms with van der Waals surface area (Å²) in [5, 5.41) is 0.765. The minimum Gasteiger partial charge on any atom is -0.493 e. The van der Waals surface area contributed by atoms with Gasteiger partial charge in [-0.05, 0) is 72.0 Å². The highest BCUT2D eigenvalue weighted by atomic mass is 127. The number of ether oxygens (including phenoxy) is 2. The summed E-state index contributed by atoms with van der Waals surface area (Å²) < 4.78 is 11.6. The summed E-state index contributed by atoms with van der Waals surface area (Å²) in [6.07, 6.45) is 1.87. The molecule has 0 unspecified atom stereocenters. The molecule has 5 nitrogen and oxygen atoms in total. The second kappa shape index (κ2) is 8.05. The molecule has 0 saturated carbocycles. The number of hydrogen-bond acceptors (Lipinski definition) is 5. The van der Waals surface area contributed by atoms with Crippen molar-refractivity contribution in [1.29, 1.82) is 0 Å². The van der Waals surface area contributed by atoms with Gasteiger partial charge in [0.25, 0.3) is 5.91 Å². The van der Waals surface area contributed by atoms with Crippen LogP contribution >= 0.6 is 34.4 Å². The molecule has 1 aliphatic heterocycles. The summed E-state index contributed by atoms with van der Waals surface area (Å²) in [6.45, 7) is 5.19. The third-order valence-electron chi connectivity index (χ3n) is 3.25. The molecule has 0 aromatic heterocycles. The maximum Gasteiger partial charge on any atom is 0.266 e. The third kappa shape index (κ3) is 3.82. The second-order valence-electron chi connectivity index (χ2n) is 4.66. The number of methoxy groups -OCH3 is 2. The highest BCUT2D eigenvalue weighted by molar-refractivity contribution is 14.1. The molecule has 0 N–H and O–H groups in total. The number of carbonyl (C=O) groups is 1. The predicted molar refractivity (Wildman–Crippen MR) is 103 cm³/mol. The van der Waals surface area contributed by atoms with Gasteiger partial charge in [0.2, 0.25) is 0 Å². The Bertz CT molecular complexity index is 674. The van der Waals surface area contributed by atoms with Gasteiger partial charge in [-0.25, -0.2) is 0 Å². The van der Waals surface area contributed by atoms with Gasteiger partial charge < -0.3 is 9.47 Å². The van der Waals surface area contributed by atoms with Gasteiger partial charge in [0.05, 0.1) is 22.7 Å². The van der Waals surface area contributed by atoms with Crippen LogP contribution in [0, 0.1) is 3.57 Å². The minimum absolute atomic E-state index is 0.00510. The zero-order chi connectivity index (χ0) is 17.0. The molecule has 0 atom stereocenters. The summed E-state index contributed by atoms with van der Waals surface area (Å²) in [4.78, 5) is 19.3. The Labute approximate surface area is 154 Å². The number of aliphatic imine (C=N–C) groups is 1. The van der Waals surface area contributed by atoms with E-state index in [4.69, 9.17) is 9.47 Å². The lowest BCUT2D eigenvalue weighted by Gasteiger charge is -2.11. The molecule has 1 fully saturated rings. The maximum atomic E-state index is 12.5. The van der Waals surface area contributed by atoms with E-state index in [1.807, 2.05) is 32.1 Å². The van der Waals surface area contributed by atoms with Gasteiger partial charge >= 0.3 is 0 Å². The number of halogens is 1. The van der Waals surface area contributed by atoms with E-state index in [1.165, 1.54) is 11.8 Å². The van der Waals surface area contributed by atoms with Gasteiger partial charge in [0.15, 0.2) is 16.7 Å². The van der Waals surface area contributed by atoms with Crippen LogP contribution in [0.1, 0.15) is 19.4 Å². The van der Waals surface area contributed by atoms with E-state index in [-0.39, 0.29) is 5.91 Å². The molecule has 7 heteroatoms. The Morgan fingerprint density at radius 2 is 2.04 bits per heavy atom. The maximum absolute atomic E-state index is 12.5. The number of amides is 1. The first kappa shape index (κ1) is 18.1. The average Bonchev–Trinajstić information content (AvgIpc) is 2.82. The molecule has 2 rings (SSSR count). The predicted octanol–water partition coefficient (Wildman–Crippen LogP) is 3.62. The zero-order valence-corrected chi connectivity index (χ0v) is 16.5. The van der Waals surface area contributed by atoms with Crippen molar-refractivity contribution < 1.29 is 14.3 Å². The van der Waals surface area contributed by atoms with Crippen molar-refractivity contribution in [3.05, 3.63) is 26.2 Å². The van der Waals surface area contributed by atoms with Crippen molar-refractivity contribution in [3.8, 4) is 11.5 Å². The number of thioether (sulfide) groups is 1. The molecular weight excluding hydrogens is 427 g/mol. The summed E-state index contributed by atoms with van der Waals surface area (Å²) >= 11 is 3.61. The third-order valence-corrected chi connectivity index (χ3v) is 5.10. The molecule has 1 aliphatic rings. The second-order valence-corrected chi connectivity index (χ2v) is 6.83. The Hall–Kier alpha value is -1.22. The van der Waals surface area contributed by atoms with E-state index in [9.17, 15) is 4.79 Å². The molecule has 1 aromatic rings. The Morgan fingerprint density at radius 3 is 2.61 bits per heavy atom. The zero-order valence-electron chi connectivity index (χ0n) is 13.6. The molecule has 1 amide bonds. The van der Waals surface area contributed by atoms with E-state index >= 15 is 0 Å². The molecule has 0 radical (unpaired) electrons. The Morgan fingerprint density at radius 1 is 1.30 bits per heavy atom. The molecule has 0 aliphatic carbocycles. The molecule has 1 saturated heterocycles. The topological polar surface area (TPSA) is 51.1 Å². The fraction of sp³-hybridized carbons (Fsp3) is 0.375. The fourth-order valence-corrected chi connectivity index (χ4v) is 4.16. The SMILES string of the molecule is CCN=C1S/C(=C/c2cc(I)c(OC)c(OC)c2)C(=O)N1CC. The van der Waals surface area contributed by atoms with Crippen molar-refractivity contribution in [2.24, 2.45) is 4.99 Å². The van der Waals surface area contributed by atoms with Gasteiger partial charge in [0.1, 0.15) is 0 Å². The number of nitrogens with zero attached hydrogens (tertiary/aromatic N) is 2. The van der Waals surface area contributed by atoms with E-state index < -0.39 is 0 Å². The van der Waals surface area contributed by atoms with E-state index in [1.54, 1.807) is 19.1 Å². The van der Waals surface area contributed by atoms with Crippen LogP contribution in [0.3, 0.4) is 0 Å². The Balaban J connectivity index is 2.41. The number of carbonyl (C=O) groups excluding carboxylic acids is 1. The first-order chi connectivity index (χ1) is 11.0. The van der Waals surface area contributed by atoms with E-state index in [0.29, 0.717) is 29.5 Å². The smallest absolute Gasteiger partial charge is 0.266 e. The fourth-order valence-electron chi connectivity index (χ4n) is 2.21. The molecule has 0 bridgehead atoms. The first-order valence-electron chi connectivity index (χ1n) is 7.23. The lowest BCUT2D eigenvalue weighted by molar-refractivity contribution is -0.122. The van der Waals surface area contributed by atoms with Crippen LogP contribution in [0.4, 0.5) is 0 Å². The molecule has 124 valence electrons. The summed E-state index contributed by atoms with van der Waals surface area (Å²) in [5.74, 6) is 1.34. The van der Waals surface area contributed by atoms with E-state index in [2.05, 4.69) is 27.6 Å². The van der Waals surface area contributed by atoms with Crippen LogP contribution in [0.25, 0.3) is 6.08 Å². The van der Waals surface area contributed by atoms with Gasteiger partial charge in [0, 0.05) is 13.1 Å². The largest absolute Gasteiger partial charge is 0.493 e. The standard InChI is InChI=1S/C16H19IN2O3S/c1-5-18-16-19(6-2)15(20)13(23-16)9-10-7-11(17)14(22-4)12(8-10)21-3/h7-9H,5-6H2,1-4H3/b13-9+,18-16?. The highest BCUT2D eigenvalue weighted by Gasteiger charge is 2.31. The summed E-state index contributed by atoms with van der Waals surface area (Å²) in [7, 11) is 3.21. The van der Waals surface area contributed by atoms with Crippen molar-refractivity contribution >= 4 is 51.5 Å². The number of benzene rings is 1. The molecule has 23 heavy (non-hydrogen) atoms. The van der Waals surface area contributed by atoms with Crippen LogP contribution in [-0.2, 0) is 4.79 Å². The summed E-state index contributed by atoms with van der Waals surface area (Å²) in [5.41, 5.74) is 0.900. The lowest BCUT2D eigenvalue weighted by Crippen LogP contribution is -2.28. The highest BCUT2D eigenvalue weighted by Crippen LogP contribution is 2.37. The van der Waals surface area contributed by atoms with Crippen molar-refractivity contribution in [3.63, 3.8) is 0 Å². The quantitative estimate of drug-likeness (QED) is 0.512. The van der Waals surface area contributed by atoms with Crippen LogP contribution in [0.15, 0.2) is 22.0 Å². The molecule has 1 heterocycles. The van der Waals surface area contributed by atoms with Crippen LogP contribution < -0.4 is 9.47 Å². The van der Waals surface area contributed by atoms with Crippen molar-refractivity contribution in [1.82, 2.24) is 4.90 Å². The van der Waals surface area contributed by atoms with Crippen molar-refractivity contribution in [2.45, 2.75) is 13.8 Å². The monoisotopic (exact) mass is 446 g/mol. The van der Waals surface area contributed by atoms with Gasteiger partial charge in [-0.1, -0.05) is 0 Å². The molecule has 0 spiro atoms.